The van der Waals surface area contributed by atoms with Gasteiger partial charge in [-0.2, -0.15) is 5.10 Å². The van der Waals surface area contributed by atoms with Crippen molar-refractivity contribution in [2.24, 2.45) is 0 Å². The molecule has 0 saturated carbocycles. The summed E-state index contributed by atoms with van der Waals surface area (Å²) in [5.41, 5.74) is 6.76. The Labute approximate surface area is 202 Å². The van der Waals surface area contributed by atoms with E-state index in [0.29, 0.717) is 32.2 Å². The van der Waals surface area contributed by atoms with Gasteiger partial charge in [0.2, 0.25) is 5.13 Å². The molecule has 0 spiro atoms. The van der Waals surface area contributed by atoms with Crippen LogP contribution in [0.2, 0.25) is 5.02 Å². The van der Waals surface area contributed by atoms with E-state index in [9.17, 15) is 4.79 Å². The molecule has 0 atom stereocenters. The Balaban J connectivity index is 1.61. The first-order valence-corrected chi connectivity index (χ1v) is 11.7. The minimum Gasteiger partial charge on any atom is -0.495 e. The third-order valence-electron chi connectivity index (χ3n) is 5.53. The molecule has 0 aliphatic carbocycles. The van der Waals surface area contributed by atoms with Gasteiger partial charge in [-0.3, -0.25) is 4.79 Å². The maximum atomic E-state index is 13.0. The fourth-order valence-corrected chi connectivity index (χ4v) is 4.81. The highest BCUT2D eigenvalue weighted by atomic mass is 35.5. The number of hydrogen-bond donors (Lipinski definition) is 1. The number of carbonyl (C=O) groups is 1. The molecule has 4 aromatic rings. The van der Waals surface area contributed by atoms with Crippen molar-refractivity contribution in [1.29, 1.82) is 0 Å². The van der Waals surface area contributed by atoms with Crippen molar-refractivity contribution in [1.82, 2.24) is 14.8 Å². The smallest absolute Gasteiger partial charge is 0.267 e. The molecule has 2 aromatic heterocycles. The molecule has 0 bridgehead atoms. The maximum Gasteiger partial charge on any atom is 0.267 e. The Morgan fingerprint density at radius 3 is 2.52 bits per heavy atom. The number of anilines is 1. The summed E-state index contributed by atoms with van der Waals surface area (Å²) in [6, 6.07) is 13.6. The van der Waals surface area contributed by atoms with Crippen LogP contribution < -0.4 is 10.1 Å². The third kappa shape index (κ3) is 4.79. The van der Waals surface area contributed by atoms with E-state index in [1.165, 1.54) is 28.0 Å². The van der Waals surface area contributed by atoms with Crippen molar-refractivity contribution in [3.8, 4) is 10.9 Å². The highest BCUT2D eigenvalue weighted by Crippen LogP contribution is 2.30. The summed E-state index contributed by atoms with van der Waals surface area (Å²) in [6.07, 6.45) is 0.796. The van der Waals surface area contributed by atoms with Gasteiger partial charge in [0.25, 0.3) is 5.91 Å². The van der Waals surface area contributed by atoms with Crippen molar-refractivity contribution in [2.45, 2.75) is 34.1 Å². The minimum absolute atomic E-state index is 0.266. The number of thiazole rings is 1. The molecule has 0 unspecified atom stereocenters. The summed E-state index contributed by atoms with van der Waals surface area (Å²) in [7, 11) is 1.55. The van der Waals surface area contributed by atoms with E-state index in [0.717, 1.165) is 17.8 Å². The van der Waals surface area contributed by atoms with Crippen LogP contribution in [0.4, 0.5) is 5.69 Å². The van der Waals surface area contributed by atoms with Crippen LogP contribution in [0.25, 0.3) is 5.13 Å². The number of methoxy groups -OCH3 is 1. The molecule has 1 N–H and O–H groups in total. The quantitative estimate of drug-likeness (QED) is 0.363. The predicted octanol–water partition coefficient (Wildman–Crippen LogP) is 6.07. The Kier molecular flexibility index (Phi) is 6.54. The van der Waals surface area contributed by atoms with Gasteiger partial charge in [0.15, 0.2) is 0 Å². The zero-order valence-corrected chi connectivity index (χ0v) is 20.8. The Bertz CT molecular complexity index is 1330. The van der Waals surface area contributed by atoms with Gasteiger partial charge >= 0.3 is 0 Å². The van der Waals surface area contributed by atoms with Crippen LogP contribution in [0, 0.1) is 27.7 Å². The first-order chi connectivity index (χ1) is 15.8. The van der Waals surface area contributed by atoms with E-state index in [4.69, 9.17) is 21.4 Å². The van der Waals surface area contributed by atoms with Gasteiger partial charge < -0.3 is 10.1 Å². The SMILES string of the molecule is COc1ccc(Cl)cc1NC(=O)c1sc(-n2nc(C)c(Cc3ccc(C)cc3)c2C)nc1C. The van der Waals surface area contributed by atoms with Crippen LogP contribution in [0.5, 0.6) is 5.75 Å². The number of rotatable bonds is 6. The lowest BCUT2D eigenvalue weighted by molar-refractivity contribution is 0.102. The van der Waals surface area contributed by atoms with Gasteiger partial charge in [-0.1, -0.05) is 52.8 Å². The van der Waals surface area contributed by atoms with Crippen molar-refractivity contribution in [3.63, 3.8) is 0 Å². The van der Waals surface area contributed by atoms with Gasteiger partial charge in [-0.15, -0.1) is 0 Å². The van der Waals surface area contributed by atoms with Crippen LogP contribution in [0.1, 0.15) is 43.4 Å². The maximum absolute atomic E-state index is 13.0. The molecule has 4 rings (SSSR count). The first-order valence-electron chi connectivity index (χ1n) is 10.5. The summed E-state index contributed by atoms with van der Waals surface area (Å²) in [5, 5.41) is 8.78. The lowest BCUT2D eigenvalue weighted by atomic mass is 10.0. The second kappa shape index (κ2) is 9.37. The summed E-state index contributed by atoms with van der Waals surface area (Å²) in [5.74, 6) is 0.271. The molecule has 170 valence electrons. The average molecular weight is 481 g/mol. The Hall–Kier alpha value is -3.16. The zero-order valence-electron chi connectivity index (χ0n) is 19.2. The number of ether oxygens (including phenoxy) is 1. The molecule has 0 aliphatic heterocycles. The van der Waals surface area contributed by atoms with Gasteiger partial charge in [-0.05, 0) is 51.5 Å². The van der Waals surface area contributed by atoms with E-state index in [1.54, 1.807) is 25.3 Å². The van der Waals surface area contributed by atoms with E-state index in [2.05, 4.69) is 41.5 Å². The number of nitrogens with one attached hydrogen (secondary N) is 1. The van der Waals surface area contributed by atoms with Crippen molar-refractivity contribution in [3.05, 3.63) is 86.1 Å². The molecule has 33 heavy (non-hydrogen) atoms. The average Bonchev–Trinajstić information content (AvgIpc) is 3.30. The second-order valence-corrected chi connectivity index (χ2v) is 9.35. The highest BCUT2D eigenvalue weighted by Gasteiger charge is 2.21. The van der Waals surface area contributed by atoms with E-state index in [-0.39, 0.29) is 5.91 Å². The summed E-state index contributed by atoms with van der Waals surface area (Å²) < 4.78 is 7.16. The molecule has 1 amide bonds. The molecule has 8 heteroatoms. The third-order valence-corrected chi connectivity index (χ3v) is 6.89. The molecule has 6 nitrogen and oxygen atoms in total. The molecule has 0 fully saturated rings. The molecular formula is C25H25ClN4O2S. The largest absolute Gasteiger partial charge is 0.495 e. The minimum atomic E-state index is -0.266. The van der Waals surface area contributed by atoms with Gasteiger partial charge in [0, 0.05) is 22.7 Å². The summed E-state index contributed by atoms with van der Waals surface area (Å²) >= 11 is 7.40. The van der Waals surface area contributed by atoms with Crippen molar-refractivity contribution in [2.75, 3.05) is 12.4 Å². The van der Waals surface area contributed by atoms with E-state index in [1.807, 2.05) is 25.5 Å². The Morgan fingerprint density at radius 2 is 1.82 bits per heavy atom. The summed E-state index contributed by atoms with van der Waals surface area (Å²) in [6.45, 7) is 7.95. The number of carbonyl (C=O) groups excluding carboxylic acids is 1. The van der Waals surface area contributed by atoms with Crippen LogP contribution in [0.3, 0.4) is 0 Å². The fraction of sp³-hybridized carbons (Fsp3) is 0.240. The molecule has 0 aliphatic rings. The standard InChI is InChI=1S/C25H25ClN4O2S/c1-14-6-8-18(9-7-14)12-20-15(2)29-30(17(20)4)25-27-16(3)23(33-25)24(31)28-21-13-19(26)10-11-22(21)32-5/h6-11,13H,12H2,1-5H3,(H,28,31). The van der Waals surface area contributed by atoms with Gasteiger partial charge in [0.1, 0.15) is 10.6 Å². The molecule has 2 aromatic carbocycles. The first kappa shape index (κ1) is 23.0. The number of benzene rings is 2. The van der Waals surface area contributed by atoms with Crippen LogP contribution in [-0.2, 0) is 6.42 Å². The number of nitrogens with zero attached hydrogens (tertiary/aromatic N) is 3. The summed E-state index contributed by atoms with van der Waals surface area (Å²) in [4.78, 5) is 18.2. The van der Waals surface area contributed by atoms with Crippen molar-refractivity contribution < 1.29 is 9.53 Å². The number of aromatic nitrogens is 3. The molecule has 0 saturated heterocycles. The lowest BCUT2D eigenvalue weighted by Crippen LogP contribution is -2.12. The van der Waals surface area contributed by atoms with Crippen LogP contribution >= 0.6 is 22.9 Å². The number of aryl methyl sites for hydroxylation is 3. The zero-order chi connectivity index (χ0) is 23.7. The highest BCUT2D eigenvalue weighted by molar-refractivity contribution is 7.16. The number of amides is 1. The van der Waals surface area contributed by atoms with Crippen LogP contribution in [-0.4, -0.2) is 27.8 Å². The van der Waals surface area contributed by atoms with Gasteiger partial charge in [0.05, 0.1) is 24.2 Å². The fourth-order valence-electron chi connectivity index (χ4n) is 3.67. The second-order valence-electron chi connectivity index (χ2n) is 7.93. The molecule has 0 radical (unpaired) electrons. The molecule has 2 heterocycles. The monoisotopic (exact) mass is 480 g/mol. The van der Waals surface area contributed by atoms with E-state index < -0.39 is 0 Å². The number of halogens is 1. The topological polar surface area (TPSA) is 69.0 Å². The molecular weight excluding hydrogens is 456 g/mol. The predicted molar refractivity (Wildman–Crippen MR) is 133 cm³/mol. The van der Waals surface area contributed by atoms with Crippen LogP contribution in [0.15, 0.2) is 42.5 Å². The Morgan fingerprint density at radius 1 is 1.09 bits per heavy atom. The normalized spacial score (nSPS) is 11.0. The number of hydrogen-bond acceptors (Lipinski definition) is 5. The van der Waals surface area contributed by atoms with E-state index >= 15 is 0 Å². The van der Waals surface area contributed by atoms with Gasteiger partial charge in [-0.25, -0.2) is 9.67 Å². The lowest BCUT2D eigenvalue weighted by Gasteiger charge is -2.09. The van der Waals surface area contributed by atoms with Crippen molar-refractivity contribution >= 4 is 34.5 Å².